The van der Waals surface area contributed by atoms with E-state index in [1.807, 2.05) is 58.2 Å². The number of amides is 1. The minimum atomic E-state index is -0.426. The number of hydrogen-bond donors (Lipinski definition) is 1. The van der Waals surface area contributed by atoms with E-state index in [1.54, 1.807) is 9.36 Å². The van der Waals surface area contributed by atoms with Crippen molar-refractivity contribution in [1.29, 1.82) is 0 Å². The molecule has 1 atom stereocenters. The molecule has 32 heavy (non-hydrogen) atoms. The molecule has 3 aromatic rings. The van der Waals surface area contributed by atoms with Gasteiger partial charge in [-0.15, -0.1) is 10.2 Å². The monoisotopic (exact) mass is 454 g/mol. The van der Waals surface area contributed by atoms with Crippen LogP contribution in [0, 0.1) is 13.8 Å². The van der Waals surface area contributed by atoms with Crippen molar-refractivity contribution < 1.29 is 4.79 Å². The number of anilines is 1. The van der Waals surface area contributed by atoms with Crippen LogP contribution in [-0.4, -0.2) is 35.3 Å². The molecule has 0 radical (unpaired) electrons. The van der Waals surface area contributed by atoms with Crippen LogP contribution < -0.4 is 10.9 Å². The van der Waals surface area contributed by atoms with Crippen LogP contribution >= 0.6 is 11.8 Å². The van der Waals surface area contributed by atoms with E-state index in [-0.39, 0.29) is 11.5 Å². The maximum atomic E-state index is 13.1. The summed E-state index contributed by atoms with van der Waals surface area (Å²) in [5, 5.41) is 11.8. The van der Waals surface area contributed by atoms with Gasteiger partial charge in [-0.2, -0.15) is 0 Å². The van der Waals surface area contributed by atoms with Gasteiger partial charge >= 0.3 is 0 Å². The molecule has 0 bridgehead atoms. The summed E-state index contributed by atoms with van der Waals surface area (Å²) in [6, 6.07) is 9.79. The lowest BCUT2D eigenvalue weighted by atomic mass is 9.95. The van der Waals surface area contributed by atoms with Crippen LogP contribution in [0.1, 0.15) is 56.6 Å². The van der Waals surface area contributed by atoms with Gasteiger partial charge in [-0.3, -0.25) is 14.3 Å². The minimum Gasteiger partial charge on any atom is -0.319 e. The molecule has 2 heterocycles. The van der Waals surface area contributed by atoms with E-state index in [1.165, 1.54) is 31.0 Å². The molecule has 1 saturated carbocycles. The zero-order valence-corrected chi connectivity index (χ0v) is 19.9. The number of nitrogens with one attached hydrogen (secondary N) is 1. The van der Waals surface area contributed by atoms with Gasteiger partial charge < -0.3 is 9.88 Å². The third-order valence-corrected chi connectivity index (χ3v) is 7.29. The topological polar surface area (TPSA) is 86.7 Å². The number of rotatable bonds is 6. The molecule has 1 N–H and O–H groups in total. The Morgan fingerprint density at radius 3 is 2.50 bits per heavy atom. The number of nitrogens with zero attached hydrogens (tertiary/aromatic N) is 5. The lowest BCUT2D eigenvalue weighted by Gasteiger charge is -2.25. The summed E-state index contributed by atoms with van der Waals surface area (Å²) < 4.78 is 5.50. The van der Waals surface area contributed by atoms with Gasteiger partial charge in [0.2, 0.25) is 5.91 Å². The molecule has 8 nitrogen and oxygen atoms in total. The molecule has 0 aliphatic heterocycles. The summed E-state index contributed by atoms with van der Waals surface area (Å²) >= 11 is 1.39. The number of aromatic nitrogens is 5. The third kappa shape index (κ3) is 4.26. The van der Waals surface area contributed by atoms with Gasteiger partial charge in [0.1, 0.15) is 11.5 Å². The Kier molecular flexibility index (Phi) is 6.55. The molecule has 1 unspecified atom stereocenters. The predicted octanol–water partition coefficient (Wildman–Crippen LogP) is 4.01. The van der Waals surface area contributed by atoms with E-state index in [2.05, 4.69) is 20.1 Å². The van der Waals surface area contributed by atoms with Crippen LogP contribution in [0.4, 0.5) is 5.69 Å². The number of carbonyl (C=O) groups is 1. The molecule has 2 aromatic heterocycles. The maximum absolute atomic E-state index is 13.1. The van der Waals surface area contributed by atoms with Crippen LogP contribution in [0.25, 0.3) is 5.69 Å². The van der Waals surface area contributed by atoms with Gasteiger partial charge in [0, 0.05) is 13.1 Å². The van der Waals surface area contributed by atoms with E-state index in [9.17, 15) is 9.59 Å². The van der Waals surface area contributed by atoms with Crippen LogP contribution in [0.5, 0.6) is 0 Å². The second-order valence-electron chi connectivity index (χ2n) is 8.38. The van der Waals surface area contributed by atoms with Gasteiger partial charge in [-0.1, -0.05) is 49.2 Å². The van der Waals surface area contributed by atoms with Crippen molar-refractivity contribution in [3.05, 3.63) is 52.2 Å². The Hall–Kier alpha value is -2.81. The maximum Gasteiger partial charge on any atom is 0.295 e. The molecular weight excluding hydrogens is 424 g/mol. The highest BCUT2D eigenvalue weighted by atomic mass is 32.2. The highest BCUT2D eigenvalue weighted by Crippen LogP contribution is 2.33. The zero-order chi connectivity index (χ0) is 22.8. The Labute approximate surface area is 192 Å². The van der Waals surface area contributed by atoms with Crippen LogP contribution in [-0.2, 0) is 11.8 Å². The van der Waals surface area contributed by atoms with Gasteiger partial charge in [-0.05, 0) is 45.7 Å². The lowest BCUT2D eigenvalue weighted by molar-refractivity contribution is -0.115. The molecular formula is C23H30N6O2S. The summed E-state index contributed by atoms with van der Waals surface area (Å²) in [6.45, 7) is 5.64. The standard InChI is InChI=1S/C23H30N6O2S/c1-15-20(22(31)29(27(15)4)19-13-9-6-10-14-19)24-21(30)16(2)32-23-26-25-17(3)28(23)18-11-7-5-8-12-18/h6,9-10,13-14,16,18H,5,7-8,11-12H2,1-4H3,(H,24,30). The SMILES string of the molecule is Cc1nnc(SC(C)C(=O)Nc2c(C)n(C)n(-c3ccccc3)c2=O)n1C1CCCCC1. The molecule has 4 rings (SSSR count). The summed E-state index contributed by atoms with van der Waals surface area (Å²) in [5.41, 5.74) is 1.51. The summed E-state index contributed by atoms with van der Waals surface area (Å²) in [6.07, 6.45) is 5.94. The Balaban J connectivity index is 1.53. The molecule has 1 fully saturated rings. The molecule has 1 aliphatic carbocycles. The lowest BCUT2D eigenvalue weighted by Crippen LogP contribution is -2.27. The average molecular weight is 455 g/mol. The van der Waals surface area contributed by atoms with Crippen molar-refractivity contribution in [3.8, 4) is 5.69 Å². The second kappa shape index (κ2) is 9.36. The number of carbonyl (C=O) groups excluding carboxylic acids is 1. The quantitative estimate of drug-likeness (QED) is 0.569. The number of benzene rings is 1. The third-order valence-electron chi connectivity index (χ3n) is 6.23. The average Bonchev–Trinajstić information content (AvgIpc) is 3.26. The molecule has 1 aliphatic rings. The predicted molar refractivity (Wildman–Crippen MR) is 127 cm³/mol. The molecule has 1 aromatic carbocycles. The summed E-state index contributed by atoms with van der Waals surface area (Å²) in [7, 11) is 1.81. The van der Waals surface area contributed by atoms with Gasteiger partial charge in [-0.25, -0.2) is 4.68 Å². The number of aryl methyl sites for hydroxylation is 1. The molecule has 1 amide bonds. The van der Waals surface area contributed by atoms with E-state index < -0.39 is 5.25 Å². The van der Waals surface area contributed by atoms with E-state index >= 15 is 0 Å². The second-order valence-corrected chi connectivity index (χ2v) is 9.69. The highest BCUT2D eigenvalue weighted by molar-refractivity contribution is 8.00. The molecule has 0 spiro atoms. The summed E-state index contributed by atoms with van der Waals surface area (Å²) in [5.74, 6) is 0.661. The first-order valence-electron chi connectivity index (χ1n) is 11.1. The number of thioether (sulfide) groups is 1. The van der Waals surface area contributed by atoms with Crippen molar-refractivity contribution in [2.45, 2.75) is 69.3 Å². The number of para-hydroxylation sites is 1. The largest absolute Gasteiger partial charge is 0.319 e. The van der Waals surface area contributed by atoms with E-state index in [0.717, 1.165) is 29.5 Å². The van der Waals surface area contributed by atoms with E-state index in [4.69, 9.17) is 0 Å². The number of hydrogen-bond acceptors (Lipinski definition) is 5. The summed E-state index contributed by atoms with van der Waals surface area (Å²) in [4.78, 5) is 26.1. The van der Waals surface area contributed by atoms with E-state index in [0.29, 0.717) is 17.4 Å². The highest BCUT2D eigenvalue weighted by Gasteiger charge is 2.26. The van der Waals surface area contributed by atoms with Crippen molar-refractivity contribution >= 4 is 23.4 Å². The van der Waals surface area contributed by atoms with Gasteiger partial charge in [0.25, 0.3) is 5.56 Å². The molecule has 170 valence electrons. The Morgan fingerprint density at radius 1 is 1.12 bits per heavy atom. The Morgan fingerprint density at radius 2 is 1.81 bits per heavy atom. The molecule has 9 heteroatoms. The van der Waals surface area contributed by atoms with Crippen LogP contribution in [0.2, 0.25) is 0 Å². The van der Waals surface area contributed by atoms with Crippen molar-refractivity contribution in [1.82, 2.24) is 24.1 Å². The first kappa shape index (κ1) is 22.4. The van der Waals surface area contributed by atoms with Gasteiger partial charge in [0.15, 0.2) is 5.16 Å². The smallest absolute Gasteiger partial charge is 0.295 e. The van der Waals surface area contributed by atoms with Crippen molar-refractivity contribution in [2.24, 2.45) is 7.05 Å². The Bertz CT molecular complexity index is 1160. The fraction of sp³-hybridized carbons (Fsp3) is 0.478. The normalized spacial score (nSPS) is 15.6. The minimum absolute atomic E-state index is 0.225. The van der Waals surface area contributed by atoms with Crippen molar-refractivity contribution in [3.63, 3.8) is 0 Å². The first-order valence-corrected chi connectivity index (χ1v) is 12.0. The first-order chi connectivity index (χ1) is 15.4. The fourth-order valence-electron chi connectivity index (χ4n) is 4.34. The van der Waals surface area contributed by atoms with Crippen LogP contribution in [0.3, 0.4) is 0 Å². The molecule has 0 saturated heterocycles. The zero-order valence-electron chi connectivity index (χ0n) is 19.0. The van der Waals surface area contributed by atoms with Crippen LogP contribution in [0.15, 0.2) is 40.3 Å². The van der Waals surface area contributed by atoms with Crippen molar-refractivity contribution in [2.75, 3.05) is 5.32 Å². The van der Waals surface area contributed by atoms with Gasteiger partial charge in [0.05, 0.1) is 16.6 Å². The fourth-order valence-corrected chi connectivity index (χ4v) is 5.30.